The third-order valence-electron chi connectivity index (χ3n) is 6.65. The van der Waals surface area contributed by atoms with Gasteiger partial charge in [0.2, 0.25) is 5.60 Å². The Balaban J connectivity index is 1.68. The number of hydrogen-bond donors (Lipinski definition) is 1. The first-order valence-corrected chi connectivity index (χ1v) is 12.6. The first-order chi connectivity index (χ1) is 16.9. The van der Waals surface area contributed by atoms with Gasteiger partial charge in [0.15, 0.2) is 0 Å². The van der Waals surface area contributed by atoms with Gasteiger partial charge >= 0.3 is 0 Å². The Morgan fingerprint density at radius 1 is 1.03 bits per heavy atom. The van der Waals surface area contributed by atoms with Gasteiger partial charge in [-0.2, -0.15) is 0 Å². The molecule has 1 atom stereocenters. The predicted molar refractivity (Wildman–Crippen MR) is 141 cm³/mol. The molecular weight excluding hydrogens is 483 g/mol. The average Bonchev–Trinajstić information content (AvgIpc) is 3.09. The third kappa shape index (κ3) is 4.61. The van der Waals surface area contributed by atoms with Gasteiger partial charge in [0.05, 0.1) is 24.6 Å². The zero-order valence-corrected chi connectivity index (χ0v) is 21.3. The molecule has 2 aliphatic rings. The number of nitrogens with zero attached hydrogens (tertiary/aromatic N) is 1. The molecule has 0 aliphatic carbocycles. The molecule has 3 aromatic rings. The van der Waals surface area contributed by atoms with Gasteiger partial charge in [0.1, 0.15) is 5.75 Å². The molecule has 0 spiro atoms. The second kappa shape index (κ2) is 9.73. The van der Waals surface area contributed by atoms with Gasteiger partial charge in [-0.15, -0.1) is 0 Å². The molecule has 2 aliphatic heterocycles. The number of anilines is 2. The molecule has 1 unspecified atom stereocenters. The second-order valence-electron chi connectivity index (χ2n) is 9.33. The fourth-order valence-corrected chi connectivity index (χ4v) is 5.29. The van der Waals surface area contributed by atoms with Gasteiger partial charge in [-0.3, -0.25) is 4.79 Å². The fourth-order valence-electron chi connectivity index (χ4n) is 4.90. The standard InChI is InChI=1S/C28H28Cl2N2O3/c1-18(2)22-7-4-8-25(32-11-13-34-14-12-32)26(22)35-28(17-19-5-3-6-20(29)15-19)23-10-9-21(30)16-24(23)31-27(28)33/h3-10,15-16,18H,11-14,17H2,1-2H3,(H,31,33). The van der Waals surface area contributed by atoms with Crippen LogP contribution in [0.2, 0.25) is 10.0 Å². The van der Waals surface area contributed by atoms with Crippen LogP contribution in [-0.4, -0.2) is 32.2 Å². The Hall–Kier alpha value is -2.73. The van der Waals surface area contributed by atoms with Crippen molar-refractivity contribution in [1.82, 2.24) is 0 Å². The van der Waals surface area contributed by atoms with Gasteiger partial charge in [-0.25, -0.2) is 0 Å². The van der Waals surface area contributed by atoms with Crippen LogP contribution in [0.5, 0.6) is 5.75 Å². The van der Waals surface area contributed by atoms with Crippen molar-refractivity contribution < 1.29 is 14.3 Å². The van der Waals surface area contributed by atoms with Crippen LogP contribution in [0, 0.1) is 0 Å². The highest BCUT2D eigenvalue weighted by molar-refractivity contribution is 6.31. The van der Waals surface area contributed by atoms with Crippen molar-refractivity contribution >= 4 is 40.5 Å². The minimum absolute atomic E-state index is 0.198. The van der Waals surface area contributed by atoms with Crippen molar-refractivity contribution in [3.8, 4) is 5.75 Å². The summed E-state index contributed by atoms with van der Waals surface area (Å²) < 4.78 is 12.6. The van der Waals surface area contributed by atoms with E-state index in [4.69, 9.17) is 32.7 Å². The Morgan fingerprint density at radius 3 is 2.51 bits per heavy atom. The van der Waals surface area contributed by atoms with Gasteiger partial charge in [0, 0.05) is 35.1 Å². The number of carbonyl (C=O) groups excluding carboxylic acids is 1. The molecule has 0 bridgehead atoms. The largest absolute Gasteiger partial charge is 0.470 e. The lowest BCUT2D eigenvalue weighted by Crippen LogP contribution is -2.43. The lowest BCUT2D eigenvalue weighted by Gasteiger charge is -2.35. The first kappa shape index (κ1) is 24.0. The normalized spacial score (nSPS) is 19.6. The van der Waals surface area contributed by atoms with E-state index in [0.29, 0.717) is 35.4 Å². The molecule has 5 nitrogen and oxygen atoms in total. The van der Waals surface area contributed by atoms with Crippen molar-refractivity contribution in [3.05, 3.63) is 87.4 Å². The summed E-state index contributed by atoms with van der Waals surface area (Å²) in [5.41, 5.74) is 3.08. The molecule has 0 aromatic heterocycles. The first-order valence-electron chi connectivity index (χ1n) is 11.9. The molecule has 2 heterocycles. The summed E-state index contributed by atoms with van der Waals surface area (Å²) in [7, 11) is 0. The highest BCUT2D eigenvalue weighted by Crippen LogP contribution is 2.47. The number of para-hydroxylation sites is 1. The number of morpholine rings is 1. The van der Waals surface area contributed by atoms with Gasteiger partial charge in [-0.05, 0) is 47.4 Å². The van der Waals surface area contributed by atoms with E-state index in [1.54, 1.807) is 12.1 Å². The summed E-state index contributed by atoms with van der Waals surface area (Å²) in [4.78, 5) is 16.1. The maximum absolute atomic E-state index is 13.8. The van der Waals surface area contributed by atoms with Crippen LogP contribution in [0.3, 0.4) is 0 Å². The number of ether oxygens (including phenoxy) is 2. The highest BCUT2D eigenvalue weighted by Gasteiger charge is 2.50. The molecule has 182 valence electrons. The molecule has 1 fully saturated rings. The van der Waals surface area contributed by atoms with E-state index in [1.165, 1.54) is 0 Å². The van der Waals surface area contributed by atoms with E-state index < -0.39 is 5.60 Å². The summed E-state index contributed by atoms with van der Waals surface area (Å²) in [5.74, 6) is 0.703. The summed E-state index contributed by atoms with van der Waals surface area (Å²) in [6, 6.07) is 19.2. The number of benzene rings is 3. The van der Waals surface area contributed by atoms with E-state index in [1.807, 2.05) is 30.3 Å². The van der Waals surface area contributed by atoms with Crippen LogP contribution < -0.4 is 15.0 Å². The number of amides is 1. The lowest BCUT2D eigenvalue weighted by atomic mass is 9.87. The monoisotopic (exact) mass is 510 g/mol. The van der Waals surface area contributed by atoms with E-state index in [0.717, 1.165) is 41.2 Å². The minimum atomic E-state index is -1.28. The summed E-state index contributed by atoms with van der Waals surface area (Å²) in [6.45, 7) is 7.10. The molecule has 3 aromatic carbocycles. The van der Waals surface area contributed by atoms with Gasteiger partial charge in [0.25, 0.3) is 5.91 Å². The van der Waals surface area contributed by atoms with Crippen LogP contribution in [0.25, 0.3) is 0 Å². The molecular formula is C28H28Cl2N2O3. The molecule has 0 saturated carbocycles. The zero-order valence-electron chi connectivity index (χ0n) is 19.8. The quantitative estimate of drug-likeness (QED) is 0.415. The molecule has 7 heteroatoms. The third-order valence-corrected chi connectivity index (χ3v) is 7.12. The summed E-state index contributed by atoms with van der Waals surface area (Å²) >= 11 is 12.6. The van der Waals surface area contributed by atoms with Crippen LogP contribution in [0.4, 0.5) is 11.4 Å². The van der Waals surface area contributed by atoms with E-state index >= 15 is 0 Å². The second-order valence-corrected chi connectivity index (χ2v) is 10.2. The number of nitrogens with one attached hydrogen (secondary N) is 1. The Kier molecular flexibility index (Phi) is 6.67. The zero-order chi connectivity index (χ0) is 24.6. The van der Waals surface area contributed by atoms with E-state index in [-0.39, 0.29) is 11.8 Å². The van der Waals surface area contributed by atoms with E-state index in [9.17, 15) is 4.79 Å². The van der Waals surface area contributed by atoms with Crippen molar-refractivity contribution in [2.24, 2.45) is 0 Å². The Bertz CT molecular complexity index is 1260. The van der Waals surface area contributed by atoms with Crippen molar-refractivity contribution in [2.75, 3.05) is 36.5 Å². The maximum Gasteiger partial charge on any atom is 0.273 e. The van der Waals surface area contributed by atoms with Crippen LogP contribution in [-0.2, 0) is 21.6 Å². The molecule has 5 rings (SSSR count). The topological polar surface area (TPSA) is 50.8 Å². The SMILES string of the molecule is CC(C)c1cccc(N2CCOCC2)c1OC1(Cc2cccc(Cl)c2)C(=O)Nc2cc(Cl)ccc21. The van der Waals surface area contributed by atoms with Crippen LogP contribution in [0.15, 0.2) is 60.7 Å². The number of hydrogen-bond acceptors (Lipinski definition) is 4. The molecule has 0 radical (unpaired) electrons. The number of carbonyl (C=O) groups is 1. The van der Waals surface area contributed by atoms with Gasteiger partial charge in [-0.1, -0.05) is 67.4 Å². The van der Waals surface area contributed by atoms with Gasteiger partial charge < -0.3 is 19.7 Å². The minimum Gasteiger partial charge on any atom is -0.470 e. The highest BCUT2D eigenvalue weighted by atomic mass is 35.5. The smallest absolute Gasteiger partial charge is 0.273 e. The Morgan fingerprint density at radius 2 is 1.77 bits per heavy atom. The number of fused-ring (bicyclic) bond motifs is 1. The average molecular weight is 511 g/mol. The van der Waals surface area contributed by atoms with E-state index in [2.05, 4.69) is 42.3 Å². The van der Waals surface area contributed by atoms with Crippen LogP contribution >= 0.6 is 23.2 Å². The Labute approximate surface area is 215 Å². The number of rotatable bonds is 6. The molecule has 1 saturated heterocycles. The molecule has 1 amide bonds. The van der Waals surface area contributed by atoms with Crippen LogP contribution in [0.1, 0.15) is 36.5 Å². The van der Waals surface area contributed by atoms with Crippen molar-refractivity contribution in [2.45, 2.75) is 31.8 Å². The molecule has 35 heavy (non-hydrogen) atoms. The number of halogens is 2. The predicted octanol–water partition coefficient (Wildman–Crippen LogP) is 6.42. The fraction of sp³-hybridized carbons (Fsp3) is 0.321. The summed E-state index contributed by atoms with van der Waals surface area (Å²) in [6.07, 6.45) is 0.322. The molecule has 1 N–H and O–H groups in total. The maximum atomic E-state index is 13.8. The van der Waals surface area contributed by atoms with Crippen molar-refractivity contribution in [3.63, 3.8) is 0 Å². The lowest BCUT2D eigenvalue weighted by molar-refractivity contribution is -0.130. The van der Waals surface area contributed by atoms with Crippen molar-refractivity contribution in [1.29, 1.82) is 0 Å². The summed E-state index contributed by atoms with van der Waals surface area (Å²) in [5, 5.41) is 4.19.